The SMILES string of the molecule is CCCN(CCC)C(=O)c1cc(C)cc(C(=O)N[C@H](Cc2cc(F)cc(F)c2)[C@@H](O)CCNC(=O)C(O)CC(C)C)c1. The van der Waals surface area contributed by atoms with E-state index >= 15 is 0 Å². The Morgan fingerprint density at radius 1 is 0.905 bits per heavy atom. The van der Waals surface area contributed by atoms with Crippen molar-refractivity contribution in [3.63, 3.8) is 0 Å². The molecule has 0 aromatic heterocycles. The van der Waals surface area contributed by atoms with Crippen molar-refractivity contribution in [1.29, 1.82) is 0 Å². The molecule has 2 rings (SSSR count). The molecule has 0 aliphatic rings. The van der Waals surface area contributed by atoms with Crippen LogP contribution in [-0.4, -0.2) is 70.7 Å². The topological polar surface area (TPSA) is 119 Å². The van der Waals surface area contributed by atoms with Gasteiger partial charge >= 0.3 is 0 Å². The van der Waals surface area contributed by atoms with Crippen LogP contribution in [0.15, 0.2) is 36.4 Å². The third-order valence-corrected chi connectivity index (χ3v) is 6.76. The molecule has 3 atom stereocenters. The summed E-state index contributed by atoms with van der Waals surface area (Å²) in [7, 11) is 0. The van der Waals surface area contributed by atoms with Crippen LogP contribution >= 0.6 is 0 Å². The minimum atomic E-state index is -1.21. The van der Waals surface area contributed by atoms with Crippen LogP contribution in [0.5, 0.6) is 0 Å². The maximum Gasteiger partial charge on any atom is 0.253 e. The first kappa shape index (κ1) is 34.8. The van der Waals surface area contributed by atoms with E-state index in [0.717, 1.165) is 31.0 Å². The van der Waals surface area contributed by atoms with E-state index in [4.69, 9.17) is 0 Å². The number of halogens is 2. The van der Waals surface area contributed by atoms with Gasteiger partial charge in [0.25, 0.3) is 11.8 Å². The average Bonchev–Trinajstić information content (AvgIpc) is 2.90. The van der Waals surface area contributed by atoms with Gasteiger partial charge in [0.2, 0.25) is 5.91 Å². The molecule has 8 nitrogen and oxygen atoms in total. The number of hydrogen-bond acceptors (Lipinski definition) is 5. The highest BCUT2D eigenvalue weighted by Gasteiger charge is 2.25. The molecular formula is C32H45F2N3O5. The Kier molecular flexibility index (Phi) is 14.0. The first-order valence-electron chi connectivity index (χ1n) is 14.6. The molecule has 0 saturated heterocycles. The second-order valence-electron chi connectivity index (χ2n) is 11.2. The fourth-order valence-electron chi connectivity index (χ4n) is 4.81. The summed E-state index contributed by atoms with van der Waals surface area (Å²) in [5.41, 5.74) is 1.50. The Hall–Kier alpha value is -3.37. The second-order valence-corrected chi connectivity index (χ2v) is 11.2. The smallest absolute Gasteiger partial charge is 0.253 e. The third-order valence-electron chi connectivity index (χ3n) is 6.76. The van der Waals surface area contributed by atoms with E-state index in [2.05, 4.69) is 10.6 Å². The van der Waals surface area contributed by atoms with Gasteiger partial charge in [-0.2, -0.15) is 0 Å². The number of benzene rings is 2. The number of nitrogens with one attached hydrogen (secondary N) is 2. The van der Waals surface area contributed by atoms with Crippen LogP contribution in [0.3, 0.4) is 0 Å². The molecule has 0 heterocycles. The lowest BCUT2D eigenvalue weighted by Crippen LogP contribution is -2.46. The predicted molar refractivity (Wildman–Crippen MR) is 158 cm³/mol. The van der Waals surface area contributed by atoms with Crippen LogP contribution in [0.1, 0.15) is 85.2 Å². The largest absolute Gasteiger partial charge is 0.391 e. The van der Waals surface area contributed by atoms with Crippen molar-refractivity contribution in [1.82, 2.24) is 15.5 Å². The minimum Gasteiger partial charge on any atom is -0.391 e. The zero-order valence-electron chi connectivity index (χ0n) is 25.3. The maximum absolute atomic E-state index is 13.9. The summed E-state index contributed by atoms with van der Waals surface area (Å²) in [5.74, 6) is -2.79. The van der Waals surface area contributed by atoms with E-state index in [9.17, 15) is 33.4 Å². The van der Waals surface area contributed by atoms with E-state index in [1.807, 2.05) is 27.7 Å². The maximum atomic E-state index is 13.9. The van der Waals surface area contributed by atoms with E-state index < -0.39 is 41.7 Å². The summed E-state index contributed by atoms with van der Waals surface area (Å²) in [6, 6.07) is 6.85. The highest BCUT2D eigenvalue weighted by molar-refractivity contribution is 6.00. The van der Waals surface area contributed by atoms with Crippen molar-refractivity contribution in [3.05, 3.63) is 70.3 Å². The van der Waals surface area contributed by atoms with Crippen LogP contribution in [-0.2, 0) is 11.2 Å². The Morgan fingerprint density at radius 2 is 1.50 bits per heavy atom. The molecule has 4 N–H and O–H groups in total. The normalized spacial score (nSPS) is 13.4. The van der Waals surface area contributed by atoms with Gasteiger partial charge in [0.05, 0.1) is 12.1 Å². The molecule has 3 amide bonds. The number of nitrogens with zero attached hydrogens (tertiary/aromatic N) is 1. The molecule has 0 spiro atoms. The molecule has 0 aliphatic carbocycles. The van der Waals surface area contributed by atoms with Crippen LogP contribution < -0.4 is 10.6 Å². The molecule has 1 unspecified atom stereocenters. The lowest BCUT2D eigenvalue weighted by atomic mass is 9.97. The molecule has 232 valence electrons. The molecule has 0 fully saturated rings. The first-order valence-corrected chi connectivity index (χ1v) is 14.6. The number of amides is 3. The van der Waals surface area contributed by atoms with Gasteiger partial charge in [-0.1, -0.05) is 27.7 Å². The number of carbonyl (C=O) groups is 3. The summed E-state index contributed by atoms with van der Waals surface area (Å²) in [6.45, 7) is 10.7. The van der Waals surface area contributed by atoms with Crippen molar-refractivity contribution < 1.29 is 33.4 Å². The van der Waals surface area contributed by atoms with Crippen LogP contribution in [0.2, 0.25) is 0 Å². The van der Waals surface area contributed by atoms with Gasteiger partial charge in [0.1, 0.15) is 17.7 Å². The average molecular weight is 590 g/mol. The van der Waals surface area contributed by atoms with Gasteiger partial charge in [0.15, 0.2) is 0 Å². The quantitative estimate of drug-likeness (QED) is 0.235. The van der Waals surface area contributed by atoms with Crippen molar-refractivity contribution >= 4 is 17.7 Å². The van der Waals surface area contributed by atoms with Crippen LogP contribution in [0, 0.1) is 24.5 Å². The van der Waals surface area contributed by atoms with Gasteiger partial charge < -0.3 is 25.7 Å². The molecule has 2 aromatic carbocycles. The van der Waals surface area contributed by atoms with Crippen molar-refractivity contribution in [2.75, 3.05) is 19.6 Å². The minimum absolute atomic E-state index is 0.00340. The number of aliphatic hydroxyl groups excluding tert-OH is 2. The Balaban J connectivity index is 2.25. The number of carbonyl (C=O) groups excluding carboxylic acids is 3. The molecule has 42 heavy (non-hydrogen) atoms. The zero-order chi connectivity index (χ0) is 31.4. The van der Waals surface area contributed by atoms with Crippen LogP contribution in [0.4, 0.5) is 8.78 Å². The van der Waals surface area contributed by atoms with E-state index in [1.54, 1.807) is 24.0 Å². The second kappa shape index (κ2) is 16.9. The fraction of sp³-hybridized carbons (Fsp3) is 0.531. The van der Waals surface area contributed by atoms with Crippen molar-refractivity contribution in [2.24, 2.45) is 5.92 Å². The summed E-state index contributed by atoms with van der Waals surface area (Å²) < 4.78 is 27.8. The van der Waals surface area contributed by atoms with Crippen molar-refractivity contribution in [2.45, 2.75) is 85.0 Å². The van der Waals surface area contributed by atoms with Crippen molar-refractivity contribution in [3.8, 4) is 0 Å². The molecule has 0 saturated carbocycles. The standard InChI is InChI=1S/C32H45F2N3O5/c1-6-10-37(11-7-2)32(42)24-14-21(5)13-23(18-24)30(40)36-27(17-22-15-25(33)19-26(34)16-22)28(38)8-9-35-31(41)29(39)12-20(3)4/h13-16,18-20,27-29,38-39H,6-12,17H2,1-5H3,(H,35,41)(H,36,40)/t27-,28+,29?/m1/s1. The Morgan fingerprint density at radius 3 is 2.07 bits per heavy atom. The highest BCUT2D eigenvalue weighted by atomic mass is 19.1. The molecule has 0 aliphatic heterocycles. The summed E-state index contributed by atoms with van der Waals surface area (Å²) in [4.78, 5) is 40.5. The molecule has 2 aromatic rings. The molecule has 0 radical (unpaired) electrons. The number of rotatable bonds is 16. The van der Waals surface area contributed by atoms with Gasteiger partial charge in [-0.3, -0.25) is 14.4 Å². The number of aliphatic hydroxyl groups is 2. The zero-order valence-corrected chi connectivity index (χ0v) is 25.3. The third kappa shape index (κ3) is 11.1. The van der Waals surface area contributed by atoms with Gasteiger partial charge in [0, 0.05) is 36.8 Å². The predicted octanol–water partition coefficient (Wildman–Crippen LogP) is 4.15. The Labute approximate surface area is 247 Å². The Bertz CT molecular complexity index is 1180. The monoisotopic (exact) mass is 589 g/mol. The number of aryl methyl sites for hydroxylation is 1. The number of hydrogen-bond donors (Lipinski definition) is 4. The van der Waals surface area contributed by atoms with Gasteiger partial charge in [-0.25, -0.2) is 8.78 Å². The lowest BCUT2D eigenvalue weighted by molar-refractivity contribution is -0.130. The summed E-state index contributed by atoms with van der Waals surface area (Å²) >= 11 is 0. The van der Waals surface area contributed by atoms with E-state index in [1.165, 1.54) is 6.07 Å². The lowest BCUT2D eigenvalue weighted by Gasteiger charge is -2.25. The van der Waals surface area contributed by atoms with Gasteiger partial charge in [-0.15, -0.1) is 0 Å². The molecule has 10 heteroatoms. The summed E-state index contributed by atoms with van der Waals surface area (Å²) in [5, 5.41) is 26.4. The molecule has 0 bridgehead atoms. The molecular weight excluding hydrogens is 544 g/mol. The first-order chi connectivity index (χ1) is 19.8. The fourth-order valence-corrected chi connectivity index (χ4v) is 4.81. The van der Waals surface area contributed by atoms with E-state index in [-0.39, 0.29) is 48.8 Å². The van der Waals surface area contributed by atoms with E-state index in [0.29, 0.717) is 24.2 Å². The van der Waals surface area contributed by atoms with Gasteiger partial charge in [-0.05, 0) is 86.4 Å². The summed E-state index contributed by atoms with van der Waals surface area (Å²) in [6.07, 6.45) is -0.610. The van der Waals surface area contributed by atoms with Crippen LogP contribution in [0.25, 0.3) is 0 Å². The highest BCUT2D eigenvalue weighted by Crippen LogP contribution is 2.17.